The highest BCUT2D eigenvalue weighted by Gasteiger charge is 2.63. The number of ether oxygens (including phenoxy) is 2. The zero-order valence-electron chi connectivity index (χ0n) is 16.6. The Morgan fingerprint density at radius 2 is 1.85 bits per heavy atom. The minimum atomic E-state index is -0.619. The van der Waals surface area contributed by atoms with Crippen molar-refractivity contribution in [2.24, 2.45) is 28.6 Å². The molecule has 0 aromatic rings. The van der Waals surface area contributed by atoms with Crippen LogP contribution in [-0.2, 0) is 23.9 Å². The molecule has 27 heavy (non-hydrogen) atoms. The quantitative estimate of drug-likeness (QED) is 0.691. The highest BCUT2D eigenvalue weighted by Crippen LogP contribution is 2.66. The molecule has 3 fully saturated rings. The monoisotopic (exact) mass is 374 g/mol. The number of carbonyl (C=O) groups is 3. The molecule has 0 aromatic heterocycles. The SMILES string of the molecule is COC(=O)[C@]12CCC(=O)C=C1CCC1C3CCC(OC(C)=O)C3(C)CCC12. The van der Waals surface area contributed by atoms with Crippen LogP contribution in [0.5, 0.6) is 0 Å². The molecule has 0 aromatic carbocycles. The van der Waals surface area contributed by atoms with Crippen LogP contribution in [0.2, 0.25) is 0 Å². The molecule has 0 aliphatic heterocycles. The fourth-order valence-corrected chi connectivity index (χ4v) is 7.13. The normalized spacial score (nSPS) is 43.1. The molecule has 0 saturated heterocycles. The maximum absolute atomic E-state index is 13.0. The Kier molecular flexibility index (Phi) is 4.47. The number of fused-ring (bicyclic) bond motifs is 5. The molecule has 5 nitrogen and oxygen atoms in total. The average molecular weight is 374 g/mol. The van der Waals surface area contributed by atoms with Gasteiger partial charge in [0.1, 0.15) is 6.10 Å². The average Bonchev–Trinajstić information content (AvgIpc) is 2.96. The first-order chi connectivity index (χ1) is 12.8. The molecule has 0 N–H and O–H groups in total. The van der Waals surface area contributed by atoms with Crippen LogP contribution in [0.1, 0.15) is 65.2 Å². The van der Waals surface area contributed by atoms with E-state index in [-0.39, 0.29) is 35.2 Å². The van der Waals surface area contributed by atoms with Crippen LogP contribution in [0.3, 0.4) is 0 Å². The fourth-order valence-electron chi connectivity index (χ4n) is 7.13. The Morgan fingerprint density at radius 3 is 2.56 bits per heavy atom. The van der Waals surface area contributed by atoms with Crippen LogP contribution < -0.4 is 0 Å². The molecule has 4 aliphatic rings. The number of hydrogen-bond acceptors (Lipinski definition) is 5. The van der Waals surface area contributed by atoms with Gasteiger partial charge in [0.25, 0.3) is 0 Å². The Hall–Kier alpha value is -1.65. The summed E-state index contributed by atoms with van der Waals surface area (Å²) < 4.78 is 11.0. The second kappa shape index (κ2) is 6.46. The zero-order valence-corrected chi connectivity index (χ0v) is 16.6. The lowest BCUT2D eigenvalue weighted by molar-refractivity contribution is -0.167. The molecule has 0 bridgehead atoms. The predicted molar refractivity (Wildman–Crippen MR) is 98.6 cm³/mol. The molecule has 4 rings (SSSR count). The van der Waals surface area contributed by atoms with Crippen molar-refractivity contribution in [2.45, 2.75) is 71.3 Å². The van der Waals surface area contributed by atoms with Crippen molar-refractivity contribution in [3.05, 3.63) is 11.6 Å². The van der Waals surface area contributed by atoms with Gasteiger partial charge in [-0.3, -0.25) is 14.4 Å². The minimum absolute atomic E-state index is 0.00412. The zero-order chi connectivity index (χ0) is 19.4. The van der Waals surface area contributed by atoms with Crippen molar-refractivity contribution in [3.8, 4) is 0 Å². The van der Waals surface area contributed by atoms with Crippen LogP contribution in [0.15, 0.2) is 11.6 Å². The van der Waals surface area contributed by atoms with Gasteiger partial charge in [-0.05, 0) is 74.3 Å². The first-order valence-electron chi connectivity index (χ1n) is 10.3. The Labute approximate surface area is 160 Å². The smallest absolute Gasteiger partial charge is 0.316 e. The van der Waals surface area contributed by atoms with Gasteiger partial charge in [0.2, 0.25) is 0 Å². The van der Waals surface area contributed by atoms with Crippen molar-refractivity contribution in [3.63, 3.8) is 0 Å². The second-order valence-corrected chi connectivity index (χ2v) is 9.23. The van der Waals surface area contributed by atoms with Crippen molar-refractivity contribution < 1.29 is 23.9 Å². The van der Waals surface area contributed by atoms with E-state index in [0.29, 0.717) is 24.7 Å². The molecule has 0 radical (unpaired) electrons. The fraction of sp³-hybridized carbons (Fsp3) is 0.773. The molecule has 148 valence electrons. The molecular formula is C22H30O5. The molecule has 0 amide bonds. The molecule has 5 heteroatoms. The van der Waals surface area contributed by atoms with Gasteiger partial charge >= 0.3 is 11.9 Å². The largest absolute Gasteiger partial charge is 0.468 e. The third-order valence-electron chi connectivity index (χ3n) is 8.26. The minimum Gasteiger partial charge on any atom is -0.468 e. The molecule has 0 heterocycles. The van der Waals surface area contributed by atoms with Crippen molar-refractivity contribution in [1.82, 2.24) is 0 Å². The highest BCUT2D eigenvalue weighted by molar-refractivity contribution is 5.95. The summed E-state index contributed by atoms with van der Waals surface area (Å²) in [5, 5.41) is 0. The van der Waals surface area contributed by atoms with Gasteiger partial charge in [-0.15, -0.1) is 0 Å². The van der Waals surface area contributed by atoms with Crippen LogP contribution in [0, 0.1) is 28.6 Å². The van der Waals surface area contributed by atoms with Gasteiger partial charge in [-0.2, -0.15) is 0 Å². The standard InChI is InChI=1S/C22H30O5/c1-13(23)27-19-7-6-17-16-5-4-14-12-15(24)8-11-22(14,20(25)26-3)18(16)9-10-21(17,19)2/h12,16-19H,4-11H2,1-3H3/t16?,17?,18?,19?,21?,22-/m1/s1. The van der Waals surface area contributed by atoms with Crippen molar-refractivity contribution >= 4 is 17.7 Å². The van der Waals surface area contributed by atoms with Gasteiger partial charge in [-0.1, -0.05) is 6.92 Å². The summed E-state index contributed by atoms with van der Waals surface area (Å²) in [5.74, 6) is 0.894. The number of ketones is 1. The van der Waals surface area contributed by atoms with E-state index in [2.05, 4.69) is 6.92 Å². The Morgan fingerprint density at radius 1 is 1.07 bits per heavy atom. The first kappa shape index (κ1) is 18.7. The summed E-state index contributed by atoms with van der Waals surface area (Å²) in [7, 11) is 1.47. The topological polar surface area (TPSA) is 69.7 Å². The summed E-state index contributed by atoms with van der Waals surface area (Å²) in [5.41, 5.74) is 0.382. The number of methoxy groups -OCH3 is 1. The summed E-state index contributed by atoms with van der Waals surface area (Å²) >= 11 is 0. The summed E-state index contributed by atoms with van der Waals surface area (Å²) in [4.78, 5) is 36.6. The van der Waals surface area contributed by atoms with Crippen LogP contribution in [-0.4, -0.2) is 30.9 Å². The third kappa shape index (κ3) is 2.60. The Balaban J connectivity index is 1.70. The summed E-state index contributed by atoms with van der Waals surface area (Å²) in [6.45, 7) is 3.76. The van der Waals surface area contributed by atoms with Gasteiger partial charge in [0.05, 0.1) is 12.5 Å². The van der Waals surface area contributed by atoms with E-state index in [1.807, 2.05) is 0 Å². The van der Waals surface area contributed by atoms with E-state index < -0.39 is 5.41 Å². The number of esters is 2. The molecule has 0 spiro atoms. The van der Waals surface area contributed by atoms with Crippen LogP contribution >= 0.6 is 0 Å². The predicted octanol–water partition coefficient (Wildman–Crippen LogP) is 3.60. The maximum Gasteiger partial charge on any atom is 0.316 e. The van der Waals surface area contributed by atoms with E-state index in [0.717, 1.165) is 44.1 Å². The van der Waals surface area contributed by atoms with Crippen LogP contribution in [0.4, 0.5) is 0 Å². The maximum atomic E-state index is 13.0. The molecule has 3 saturated carbocycles. The van der Waals surface area contributed by atoms with Crippen LogP contribution in [0.25, 0.3) is 0 Å². The van der Waals surface area contributed by atoms with Gasteiger partial charge in [-0.25, -0.2) is 0 Å². The van der Waals surface area contributed by atoms with Crippen molar-refractivity contribution in [2.75, 3.05) is 7.11 Å². The first-order valence-corrected chi connectivity index (χ1v) is 10.3. The molecule has 4 aliphatic carbocycles. The van der Waals surface area contributed by atoms with E-state index in [1.165, 1.54) is 14.0 Å². The molecular weight excluding hydrogens is 344 g/mol. The summed E-state index contributed by atoms with van der Waals surface area (Å²) in [6.07, 6.45) is 8.39. The van der Waals surface area contributed by atoms with E-state index >= 15 is 0 Å². The highest BCUT2D eigenvalue weighted by atomic mass is 16.5. The van der Waals surface area contributed by atoms with Gasteiger partial charge in [0.15, 0.2) is 5.78 Å². The number of hydrogen-bond donors (Lipinski definition) is 0. The third-order valence-corrected chi connectivity index (χ3v) is 8.26. The summed E-state index contributed by atoms with van der Waals surface area (Å²) in [6, 6.07) is 0. The van der Waals surface area contributed by atoms with Gasteiger partial charge < -0.3 is 9.47 Å². The molecule has 6 atom stereocenters. The van der Waals surface area contributed by atoms with Gasteiger partial charge in [0, 0.05) is 18.8 Å². The molecule has 5 unspecified atom stereocenters. The number of rotatable bonds is 2. The van der Waals surface area contributed by atoms with E-state index in [9.17, 15) is 14.4 Å². The second-order valence-electron chi connectivity index (χ2n) is 9.23. The lowest BCUT2D eigenvalue weighted by Crippen LogP contribution is -2.55. The van der Waals surface area contributed by atoms with Crippen molar-refractivity contribution in [1.29, 1.82) is 0 Å². The number of carbonyl (C=O) groups excluding carboxylic acids is 3. The van der Waals surface area contributed by atoms with E-state index in [4.69, 9.17) is 9.47 Å². The Bertz CT molecular complexity index is 709. The lowest BCUT2D eigenvalue weighted by atomic mass is 9.47. The van der Waals surface area contributed by atoms with E-state index in [1.54, 1.807) is 6.08 Å². The lowest BCUT2D eigenvalue weighted by Gasteiger charge is -2.57.